The highest BCUT2D eigenvalue weighted by molar-refractivity contribution is 7.89. The molecule has 0 bridgehead atoms. The summed E-state index contributed by atoms with van der Waals surface area (Å²) in [5, 5.41) is 0. The van der Waals surface area contributed by atoms with E-state index < -0.39 is 32.6 Å². The van der Waals surface area contributed by atoms with Crippen LogP contribution < -0.4 is 4.72 Å². The summed E-state index contributed by atoms with van der Waals surface area (Å²) in [5.41, 5.74) is -2.82. The van der Waals surface area contributed by atoms with E-state index in [9.17, 15) is 26.4 Å². The molecule has 0 atom stereocenters. The Hall–Kier alpha value is -1.26. The first-order valence-electron chi connectivity index (χ1n) is 6.53. The maximum Gasteiger partial charge on any atom is 0.407 e. The number of sulfonamides is 1. The van der Waals surface area contributed by atoms with E-state index in [4.69, 9.17) is 11.6 Å². The lowest BCUT2D eigenvalue weighted by atomic mass is 9.77. The quantitative estimate of drug-likeness (QED) is 0.611. The van der Waals surface area contributed by atoms with Crippen LogP contribution >= 0.6 is 11.6 Å². The van der Waals surface area contributed by atoms with Crippen LogP contribution in [0.15, 0.2) is 11.1 Å². The first-order valence-corrected chi connectivity index (χ1v) is 8.55. The summed E-state index contributed by atoms with van der Waals surface area (Å²) >= 11 is 5.65. The van der Waals surface area contributed by atoms with Crippen molar-refractivity contribution in [2.24, 2.45) is 0 Å². The Morgan fingerprint density at radius 3 is 2.48 bits per heavy atom. The number of esters is 1. The van der Waals surface area contributed by atoms with Gasteiger partial charge in [-0.25, -0.2) is 13.2 Å². The minimum absolute atomic E-state index is 0.136. The van der Waals surface area contributed by atoms with E-state index in [-0.39, 0.29) is 36.4 Å². The van der Waals surface area contributed by atoms with Crippen molar-refractivity contribution >= 4 is 27.6 Å². The molecule has 0 saturated heterocycles. The number of carbonyl (C=O) groups excluding carboxylic acids is 1. The lowest BCUT2D eigenvalue weighted by Gasteiger charge is -2.43. The van der Waals surface area contributed by atoms with Gasteiger partial charge in [0.2, 0.25) is 10.0 Å². The lowest BCUT2D eigenvalue weighted by Crippen LogP contribution is -2.62. The van der Waals surface area contributed by atoms with Crippen LogP contribution in [0.5, 0.6) is 0 Å². The average Bonchev–Trinajstić information content (AvgIpc) is 2.85. The predicted molar refractivity (Wildman–Crippen MR) is 74.6 cm³/mol. The number of nitrogens with one attached hydrogen (secondary N) is 2. The third kappa shape index (κ3) is 3.07. The van der Waals surface area contributed by atoms with E-state index in [1.807, 2.05) is 0 Å². The van der Waals surface area contributed by atoms with Crippen LogP contribution in [0.4, 0.5) is 13.2 Å². The van der Waals surface area contributed by atoms with Crippen molar-refractivity contribution in [3.63, 3.8) is 0 Å². The summed E-state index contributed by atoms with van der Waals surface area (Å²) in [6.45, 7) is 0. The number of aromatic amines is 1. The Bertz CT molecular complexity index is 710. The number of hydrogen-bond donors (Lipinski definition) is 2. The van der Waals surface area contributed by atoms with Crippen LogP contribution in [0.1, 0.15) is 35.3 Å². The highest BCUT2D eigenvalue weighted by Crippen LogP contribution is 2.46. The van der Waals surface area contributed by atoms with Gasteiger partial charge >= 0.3 is 12.1 Å². The fraction of sp³-hybridized carbons (Fsp3) is 0.583. The minimum Gasteiger partial charge on any atom is -0.464 e. The Labute approximate surface area is 135 Å². The minimum atomic E-state index is -4.71. The summed E-state index contributed by atoms with van der Waals surface area (Å²) in [6, 6.07) is 0. The molecule has 0 spiro atoms. The first-order chi connectivity index (χ1) is 10.6. The van der Waals surface area contributed by atoms with Gasteiger partial charge in [0, 0.05) is 11.8 Å². The molecule has 1 aromatic rings. The van der Waals surface area contributed by atoms with Crippen LogP contribution in [-0.4, -0.2) is 38.2 Å². The normalized spacial score (nSPS) is 17.6. The Morgan fingerprint density at radius 1 is 1.48 bits per heavy atom. The van der Waals surface area contributed by atoms with E-state index in [1.165, 1.54) is 0 Å². The van der Waals surface area contributed by atoms with Gasteiger partial charge in [0.05, 0.1) is 13.0 Å². The summed E-state index contributed by atoms with van der Waals surface area (Å²) in [5.74, 6) is -1.25. The standard InChI is InChI=1S/C12H14ClF3N2O4S/c1-22-10(19)9-7(5-13)8(6-17-9)23(20,21)18-11(3-2-4-11)12(14,15)16/h6,17-18H,2-5H2,1H3. The third-order valence-corrected chi connectivity index (χ3v) is 5.71. The van der Waals surface area contributed by atoms with Crippen LogP contribution in [0, 0.1) is 0 Å². The molecule has 2 N–H and O–H groups in total. The molecule has 2 rings (SSSR count). The summed E-state index contributed by atoms with van der Waals surface area (Å²) in [7, 11) is -3.44. The van der Waals surface area contributed by atoms with E-state index in [1.54, 1.807) is 4.72 Å². The van der Waals surface area contributed by atoms with Gasteiger partial charge in [-0.3, -0.25) is 0 Å². The summed E-state index contributed by atoms with van der Waals surface area (Å²) in [4.78, 5) is 13.4. The number of carbonyl (C=O) groups is 1. The van der Waals surface area contributed by atoms with Crippen molar-refractivity contribution in [3.8, 4) is 0 Å². The molecular weight excluding hydrogens is 361 g/mol. The zero-order valence-electron chi connectivity index (χ0n) is 12.0. The molecule has 0 aliphatic heterocycles. The van der Waals surface area contributed by atoms with Gasteiger partial charge < -0.3 is 9.72 Å². The van der Waals surface area contributed by atoms with Crippen molar-refractivity contribution in [2.45, 2.75) is 41.8 Å². The number of aromatic nitrogens is 1. The highest BCUT2D eigenvalue weighted by atomic mass is 35.5. The molecule has 1 aliphatic carbocycles. The van der Waals surface area contributed by atoms with Crippen molar-refractivity contribution in [1.29, 1.82) is 0 Å². The highest BCUT2D eigenvalue weighted by Gasteiger charge is 2.60. The zero-order chi connectivity index (χ0) is 17.5. The van der Waals surface area contributed by atoms with Crippen LogP contribution in [0.2, 0.25) is 0 Å². The molecule has 130 valence electrons. The molecule has 0 radical (unpaired) electrons. The summed E-state index contributed by atoms with van der Waals surface area (Å²) in [6.07, 6.45) is -4.18. The number of rotatable bonds is 5. The van der Waals surface area contributed by atoms with Crippen LogP contribution in [0.25, 0.3) is 0 Å². The van der Waals surface area contributed by atoms with Crippen molar-refractivity contribution in [3.05, 3.63) is 17.5 Å². The second-order valence-electron chi connectivity index (χ2n) is 5.17. The first kappa shape index (κ1) is 18.1. The number of methoxy groups -OCH3 is 1. The fourth-order valence-electron chi connectivity index (χ4n) is 2.38. The number of hydrogen-bond acceptors (Lipinski definition) is 4. The monoisotopic (exact) mass is 374 g/mol. The Kier molecular flexibility index (Phi) is 4.71. The molecule has 11 heteroatoms. The third-order valence-electron chi connectivity index (χ3n) is 3.84. The van der Waals surface area contributed by atoms with Crippen LogP contribution in [0.3, 0.4) is 0 Å². The molecule has 1 fully saturated rings. The van der Waals surface area contributed by atoms with Crippen LogP contribution in [-0.2, 0) is 20.6 Å². The largest absolute Gasteiger partial charge is 0.464 e. The maximum atomic E-state index is 13.1. The smallest absolute Gasteiger partial charge is 0.407 e. The zero-order valence-corrected chi connectivity index (χ0v) is 13.5. The molecule has 1 heterocycles. The number of ether oxygens (including phenoxy) is 1. The molecule has 0 aromatic carbocycles. The molecule has 0 amide bonds. The number of alkyl halides is 4. The molecule has 6 nitrogen and oxygen atoms in total. The molecule has 1 aliphatic rings. The number of halogens is 4. The van der Waals surface area contributed by atoms with Crippen molar-refractivity contribution < 1.29 is 31.1 Å². The van der Waals surface area contributed by atoms with Gasteiger partial charge in [-0.1, -0.05) is 0 Å². The van der Waals surface area contributed by atoms with Gasteiger partial charge in [0.25, 0.3) is 0 Å². The maximum absolute atomic E-state index is 13.1. The summed E-state index contributed by atoms with van der Waals surface area (Å²) < 4.78 is 70.3. The Balaban J connectivity index is 2.41. The predicted octanol–water partition coefficient (Wildman–Crippen LogP) is 2.30. The van der Waals surface area contributed by atoms with Gasteiger partial charge in [0.15, 0.2) is 0 Å². The fourth-order valence-corrected chi connectivity index (χ4v) is 4.39. The second kappa shape index (κ2) is 5.99. The van der Waals surface area contributed by atoms with Crippen molar-refractivity contribution in [1.82, 2.24) is 9.71 Å². The Morgan fingerprint density at radius 2 is 2.09 bits per heavy atom. The van der Waals surface area contributed by atoms with Gasteiger partial charge in [0.1, 0.15) is 16.1 Å². The second-order valence-corrected chi connectivity index (χ2v) is 7.09. The lowest BCUT2D eigenvalue weighted by molar-refractivity contribution is -0.212. The van der Waals surface area contributed by atoms with Gasteiger partial charge in [-0.2, -0.15) is 17.9 Å². The molecule has 23 heavy (non-hydrogen) atoms. The van der Waals surface area contributed by atoms with E-state index in [0.717, 1.165) is 13.3 Å². The van der Waals surface area contributed by atoms with Gasteiger partial charge in [-0.15, -0.1) is 11.6 Å². The van der Waals surface area contributed by atoms with Gasteiger partial charge in [-0.05, 0) is 19.3 Å². The molecule has 1 saturated carbocycles. The SMILES string of the molecule is COC(=O)c1[nH]cc(S(=O)(=O)NC2(C(F)(F)F)CCC2)c1CCl. The van der Waals surface area contributed by atoms with Crippen molar-refractivity contribution in [2.75, 3.05) is 7.11 Å². The van der Waals surface area contributed by atoms with E-state index in [0.29, 0.717) is 0 Å². The molecular formula is C12H14ClF3N2O4S. The topological polar surface area (TPSA) is 88.3 Å². The molecule has 1 aromatic heterocycles. The average molecular weight is 375 g/mol. The molecule has 0 unspecified atom stereocenters. The van der Waals surface area contributed by atoms with E-state index >= 15 is 0 Å². The van der Waals surface area contributed by atoms with E-state index in [2.05, 4.69) is 9.72 Å². The number of H-pyrrole nitrogens is 1.